The van der Waals surface area contributed by atoms with Crippen LogP contribution in [0.5, 0.6) is 0 Å². The molecule has 3 heteroatoms. The van der Waals surface area contributed by atoms with Crippen molar-refractivity contribution in [3.8, 4) is 0 Å². The van der Waals surface area contributed by atoms with Crippen LogP contribution >= 0.6 is 0 Å². The van der Waals surface area contributed by atoms with E-state index in [1.165, 1.54) is 5.57 Å². The van der Waals surface area contributed by atoms with Gasteiger partial charge in [0.15, 0.2) is 5.78 Å². The van der Waals surface area contributed by atoms with Crippen LogP contribution in [0.15, 0.2) is 11.6 Å². The molecule has 0 aromatic heterocycles. The third-order valence-corrected chi connectivity index (χ3v) is 6.06. The Morgan fingerprint density at radius 1 is 1.42 bits per heavy atom. The molecule has 2 bridgehead atoms. The molecule has 2 heterocycles. The molecular formula is C16H23NO2. The quantitative estimate of drug-likeness (QED) is 0.675. The Hall–Kier alpha value is -0.670. The lowest BCUT2D eigenvalue weighted by molar-refractivity contribution is -0.154. The summed E-state index contributed by atoms with van der Waals surface area (Å²) in [6.45, 7) is 4.53. The van der Waals surface area contributed by atoms with Gasteiger partial charge in [0, 0.05) is 18.4 Å². The smallest absolute Gasteiger partial charge is 0.167 e. The molecule has 2 saturated carbocycles. The Morgan fingerprint density at radius 3 is 3.11 bits per heavy atom. The van der Waals surface area contributed by atoms with Crippen molar-refractivity contribution in [1.82, 2.24) is 4.90 Å². The number of ketones is 1. The van der Waals surface area contributed by atoms with Crippen molar-refractivity contribution in [2.75, 3.05) is 13.1 Å². The number of carbonyl (C=O) groups is 1. The van der Waals surface area contributed by atoms with Gasteiger partial charge in [-0.3, -0.25) is 9.69 Å². The van der Waals surface area contributed by atoms with Crippen molar-refractivity contribution in [3.05, 3.63) is 11.6 Å². The van der Waals surface area contributed by atoms with Crippen LogP contribution < -0.4 is 0 Å². The van der Waals surface area contributed by atoms with Gasteiger partial charge in [-0.15, -0.1) is 0 Å². The Balaban J connectivity index is 1.90. The summed E-state index contributed by atoms with van der Waals surface area (Å²) in [6.07, 6.45) is 6.92. The number of nitrogens with zero attached hydrogens (tertiary/aromatic N) is 1. The highest BCUT2D eigenvalue weighted by Gasteiger charge is 2.62. The van der Waals surface area contributed by atoms with Gasteiger partial charge in [-0.05, 0) is 50.1 Å². The van der Waals surface area contributed by atoms with Gasteiger partial charge >= 0.3 is 0 Å². The van der Waals surface area contributed by atoms with Gasteiger partial charge in [0.2, 0.25) is 0 Å². The zero-order chi connectivity index (χ0) is 13.2. The first-order valence-corrected chi connectivity index (χ1v) is 7.82. The first-order chi connectivity index (χ1) is 9.14. The van der Waals surface area contributed by atoms with Crippen LogP contribution in [0.2, 0.25) is 0 Å². The normalized spacial score (nSPS) is 49.6. The number of hydrogen-bond acceptors (Lipinski definition) is 3. The van der Waals surface area contributed by atoms with Crippen LogP contribution in [-0.4, -0.2) is 40.5 Å². The van der Waals surface area contributed by atoms with Crippen molar-refractivity contribution in [1.29, 1.82) is 0 Å². The Labute approximate surface area is 114 Å². The molecule has 5 unspecified atom stereocenters. The van der Waals surface area contributed by atoms with Crippen LogP contribution in [0.1, 0.15) is 39.0 Å². The zero-order valence-corrected chi connectivity index (χ0v) is 11.6. The maximum absolute atomic E-state index is 12.6. The Kier molecular flexibility index (Phi) is 2.50. The minimum absolute atomic E-state index is 0.00481. The highest BCUT2D eigenvalue weighted by molar-refractivity contribution is 5.90. The number of piperidine rings is 1. The molecule has 4 rings (SSSR count). The standard InChI is InChI=1S/C16H23NO2/c1-10-8-11-12-4-2-6-17-7-3-5-13(15(19)14(11)18)16(12,17)9-10/h4,10-11,13-14,18H,2-3,5-9H2,1H3. The molecule has 1 N–H and O–H groups in total. The summed E-state index contributed by atoms with van der Waals surface area (Å²) < 4.78 is 0. The topological polar surface area (TPSA) is 40.5 Å². The molecule has 5 atom stereocenters. The van der Waals surface area contributed by atoms with E-state index in [4.69, 9.17) is 0 Å². The second-order valence-corrected chi connectivity index (χ2v) is 7.05. The largest absolute Gasteiger partial charge is 0.385 e. The van der Waals surface area contributed by atoms with E-state index in [0.29, 0.717) is 5.92 Å². The molecule has 0 aromatic carbocycles. The summed E-state index contributed by atoms with van der Waals surface area (Å²) in [5.41, 5.74) is 1.42. The average Bonchev–Trinajstić information content (AvgIpc) is 2.40. The predicted octanol–water partition coefficient (Wildman–Crippen LogP) is 1.76. The second-order valence-electron chi connectivity index (χ2n) is 7.05. The molecule has 19 heavy (non-hydrogen) atoms. The fourth-order valence-corrected chi connectivity index (χ4v) is 5.51. The lowest BCUT2D eigenvalue weighted by Gasteiger charge is -2.63. The monoisotopic (exact) mass is 261 g/mol. The Morgan fingerprint density at radius 2 is 2.26 bits per heavy atom. The summed E-state index contributed by atoms with van der Waals surface area (Å²) >= 11 is 0. The average molecular weight is 261 g/mol. The van der Waals surface area contributed by atoms with Gasteiger partial charge < -0.3 is 5.11 Å². The van der Waals surface area contributed by atoms with Crippen LogP contribution in [-0.2, 0) is 4.79 Å². The van der Waals surface area contributed by atoms with E-state index >= 15 is 0 Å². The molecule has 104 valence electrons. The van der Waals surface area contributed by atoms with Crippen molar-refractivity contribution >= 4 is 5.78 Å². The van der Waals surface area contributed by atoms with E-state index in [2.05, 4.69) is 17.9 Å². The van der Waals surface area contributed by atoms with E-state index in [-0.39, 0.29) is 23.2 Å². The molecule has 1 spiro atoms. The number of aliphatic hydroxyl groups is 1. The number of rotatable bonds is 0. The maximum Gasteiger partial charge on any atom is 0.167 e. The maximum atomic E-state index is 12.6. The summed E-state index contributed by atoms with van der Waals surface area (Å²) in [5.74, 6) is 0.918. The van der Waals surface area contributed by atoms with Gasteiger partial charge in [0.25, 0.3) is 0 Å². The van der Waals surface area contributed by atoms with Crippen LogP contribution in [0.4, 0.5) is 0 Å². The Bertz CT molecular complexity index is 458. The third kappa shape index (κ3) is 1.38. The first-order valence-electron chi connectivity index (χ1n) is 7.82. The van der Waals surface area contributed by atoms with Crippen LogP contribution in [0, 0.1) is 17.8 Å². The fraction of sp³-hybridized carbons (Fsp3) is 0.812. The molecule has 3 fully saturated rings. The molecule has 1 saturated heterocycles. The van der Waals surface area contributed by atoms with Gasteiger partial charge in [-0.25, -0.2) is 0 Å². The molecule has 0 amide bonds. The van der Waals surface area contributed by atoms with Gasteiger partial charge in [0.1, 0.15) is 6.10 Å². The van der Waals surface area contributed by atoms with E-state index in [0.717, 1.165) is 45.2 Å². The van der Waals surface area contributed by atoms with E-state index < -0.39 is 6.10 Å². The minimum Gasteiger partial charge on any atom is -0.385 e. The van der Waals surface area contributed by atoms with Crippen molar-refractivity contribution < 1.29 is 9.90 Å². The molecule has 4 aliphatic rings. The number of aliphatic hydroxyl groups excluding tert-OH is 1. The number of hydrogen-bond donors (Lipinski definition) is 1. The van der Waals surface area contributed by atoms with Gasteiger partial charge in [0.05, 0.1) is 5.54 Å². The highest BCUT2D eigenvalue weighted by Crippen LogP contribution is 2.57. The van der Waals surface area contributed by atoms with E-state index in [1.807, 2.05) is 0 Å². The van der Waals surface area contributed by atoms with Crippen molar-refractivity contribution in [3.63, 3.8) is 0 Å². The molecule has 0 aromatic rings. The van der Waals surface area contributed by atoms with E-state index in [1.54, 1.807) is 0 Å². The predicted molar refractivity (Wildman–Crippen MR) is 72.6 cm³/mol. The number of carbonyl (C=O) groups excluding carboxylic acids is 1. The van der Waals surface area contributed by atoms with Crippen molar-refractivity contribution in [2.45, 2.75) is 50.7 Å². The SMILES string of the molecule is CC1CC2C3=CCCN4CCCC(C(=O)C2O)C34C1. The van der Waals surface area contributed by atoms with Crippen LogP contribution in [0.3, 0.4) is 0 Å². The lowest BCUT2D eigenvalue weighted by Crippen LogP contribution is -2.70. The zero-order valence-electron chi connectivity index (χ0n) is 11.6. The lowest BCUT2D eigenvalue weighted by atomic mass is 9.51. The summed E-state index contributed by atoms with van der Waals surface area (Å²) in [5, 5.41) is 10.4. The second kappa shape index (κ2) is 3.92. The summed E-state index contributed by atoms with van der Waals surface area (Å²) in [6, 6.07) is 0. The summed E-state index contributed by atoms with van der Waals surface area (Å²) in [4.78, 5) is 15.2. The summed E-state index contributed by atoms with van der Waals surface area (Å²) in [7, 11) is 0. The van der Waals surface area contributed by atoms with Crippen LogP contribution in [0.25, 0.3) is 0 Å². The first kappa shape index (κ1) is 12.1. The van der Waals surface area contributed by atoms with Gasteiger partial charge in [-0.1, -0.05) is 13.0 Å². The third-order valence-electron chi connectivity index (χ3n) is 6.06. The molecular weight excluding hydrogens is 238 g/mol. The molecule has 3 nitrogen and oxygen atoms in total. The minimum atomic E-state index is -0.731. The fourth-order valence-electron chi connectivity index (χ4n) is 5.51. The molecule has 0 radical (unpaired) electrons. The molecule has 2 aliphatic heterocycles. The highest BCUT2D eigenvalue weighted by atomic mass is 16.3. The molecule has 2 aliphatic carbocycles. The van der Waals surface area contributed by atoms with Crippen molar-refractivity contribution in [2.24, 2.45) is 17.8 Å². The van der Waals surface area contributed by atoms with E-state index in [9.17, 15) is 9.90 Å². The van der Waals surface area contributed by atoms with Gasteiger partial charge in [-0.2, -0.15) is 0 Å². The number of Topliss-reactive ketones (excluding diaryl/α,β-unsaturated/α-hetero) is 1.